The summed E-state index contributed by atoms with van der Waals surface area (Å²) in [6.07, 6.45) is 6.67. The maximum atomic E-state index is 6.25. The lowest BCUT2D eigenvalue weighted by atomic mass is 10.1. The van der Waals surface area contributed by atoms with Crippen LogP contribution >= 0.6 is 24.0 Å². The van der Waals surface area contributed by atoms with E-state index in [1.807, 2.05) is 12.1 Å². The van der Waals surface area contributed by atoms with Crippen LogP contribution in [0.1, 0.15) is 38.4 Å². The highest BCUT2D eigenvalue weighted by molar-refractivity contribution is 14.0. The number of rotatable bonds is 8. The molecule has 1 spiro atoms. The Kier molecular flexibility index (Phi) is 9.89. The Morgan fingerprint density at radius 1 is 1.29 bits per heavy atom. The van der Waals surface area contributed by atoms with Crippen molar-refractivity contribution in [3.8, 4) is 0 Å². The van der Waals surface area contributed by atoms with Crippen LogP contribution in [0.15, 0.2) is 27.8 Å². The van der Waals surface area contributed by atoms with Crippen molar-refractivity contribution in [2.75, 3.05) is 52.5 Å². The summed E-state index contributed by atoms with van der Waals surface area (Å²) in [5, 5.41) is 6.93. The molecule has 0 bridgehead atoms. The van der Waals surface area contributed by atoms with Gasteiger partial charge >= 0.3 is 0 Å². The Morgan fingerprint density at radius 2 is 2.16 bits per heavy atom. The number of likely N-dealkylation sites (tertiary alicyclic amines) is 1. The van der Waals surface area contributed by atoms with E-state index in [4.69, 9.17) is 23.6 Å². The molecule has 2 unspecified atom stereocenters. The van der Waals surface area contributed by atoms with Gasteiger partial charge in [0.15, 0.2) is 11.7 Å². The number of aliphatic imine (C=N–C) groups is 1. The number of ether oxygens (including phenoxy) is 3. The van der Waals surface area contributed by atoms with E-state index in [1.165, 1.54) is 19.4 Å². The van der Waals surface area contributed by atoms with Gasteiger partial charge in [0.2, 0.25) is 0 Å². The highest BCUT2D eigenvalue weighted by atomic mass is 127. The summed E-state index contributed by atoms with van der Waals surface area (Å²) in [7, 11) is 0. The van der Waals surface area contributed by atoms with Gasteiger partial charge in [-0.2, -0.15) is 0 Å². The lowest BCUT2D eigenvalue weighted by Crippen LogP contribution is -2.44. The van der Waals surface area contributed by atoms with Crippen molar-refractivity contribution in [1.29, 1.82) is 0 Å². The largest absolute Gasteiger partial charge is 0.469 e. The maximum absolute atomic E-state index is 6.25. The molecule has 3 aliphatic heterocycles. The van der Waals surface area contributed by atoms with Gasteiger partial charge in [-0.15, -0.1) is 24.0 Å². The van der Waals surface area contributed by atoms with E-state index >= 15 is 0 Å². The number of nitrogens with zero attached hydrogens (tertiary/aromatic N) is 2. The Morgan fingerprint density at radius 3 is 2.94 bits per heavy atom. The third-order valence-corrected chi connectivity index (χ3v) is 6.27. The van der Waals surface area contributed by atoms with Crippen molar-refractivity contribution in [2.24, 2.45) is 4.99 Å². The second kappa shape index (κ2) is 12.4. The van der Waals surface area contributed by atoms with Gasteiger partial charge in [0.1, 0.15) is 11.9 Å². The number of nitrogens with one attached hydrogen (secondary N) is 2. The standard InChI is InChI=1S/C22H36N4O4.HI/c1-2-26-11-3-5-18(26)15-24-21(23-10-7-19-6-4-12-28-19)25-16-20-17-29-22(30-20)8-13-27-14-9-22;/h4,6,12,18,20H,2-3,5,7-11,13-17H2,1H3,(H2,23,24,25);1H. The number of hydrogen-bond acceptors (Lipinski definition) is 6. The van der Waals surface area contributed by atoms with Crippen molar-refractivity contribution >= 4 is 29.9 Å². The molecule has 0 radical (unpaired) electrons. The number of hydrogen-bond donors (Lipinski definition) is 2. The quantitative estimate of drug-likeness (QED) is 0.294. The Labute approximate surface area is 202 Å². The summed E-state index contributed by atoms with van der Waals surface area (Å²) in [6, 6.07) is 4.46. The van der Waals surface area contributed by atoms with E-state index in [9.17, 15) is 0 Å². The minimum atomic E-state index is -0.444. The van der Waals surface area contributed by atoms with Crippen LogP contribution in [-0.2, 0) is 20.6 Å². The fourth-order valence-corrected chi connectivity index (χ4v) is 4.52. The summed E-state index contributed by atoms with van der Waals surface area (Å²) < 4.78 is 23.1. The van der Waals surface area contributed by atoms with Gasteiger partial charge in [-0.1, -0.05) is 6.92 Å². The molecule has 0 aromatic carbocycles. The molecule has 3 fully saturated rings. The zero-order chi connectivity index (χ0) is 20.7. The van der Waals surface area contributed by atoms with Crippen LogP contribution in [0.4, 0.5) is 0 Å². The van der Waals surface area contributed by atoms with Crippen LogP contribution in [0.2, 0.25) is 0 Å². The number of guanidine groups is 1. The van der Waals surface area contributed by atoms with Gasteiger partial charge in [-0.3, -0.25) is 9.89 Å². The van der Waals surface area contributed by atoms with Gasteiger partial charge in [0.25, 0.3) is 0 Å². The van der Waals surface area contributed by atoms with Crippen LogP contribution in [0.5, 0.6) is 0 Å². The van der Waals surface area contributed by atoms with E-state index in [0.29, 0.717) is 32.4 Å². The molecule has 1 aromatic rings. The van der Waals surface area contributed by atoms with E-state index in [1.54, 1.807) is 6.26 Å². The molecule has 8 nitrogen and oxygen atoms in total. The first-order chi connectivity index (χ1) is 14.8. The third kappa shape index (κ3) is 7.05. The Balaban J connectivity index is 0.00000272. The van der Waals surface area contributed by atoms with E-state index in [2.05, 4.69) is 22.5 Å². The molecular weight excluding hydrogens is 511 g/mol. The molecule has 9 heteroatoms. The highest BCUT2D eigenvalue weighted by Crippen LogP contribution is 2.32. The zero-order valence-electron chi connectivity index (χ0n) is 18.5. The van der Waals surface area contributed by atoms with Crippen molar-refractivity contribution in [2.45, 2.75) is 57.0 Å². The summed E-state index contributed by atoms with van der Waals surface area (Å²) in [4.78, 5) is 7.41. The van der Waals surface area contributed by atoms with Crippen molar-refractivity contribution in [1.82, 2.24) is 15.5 Å². The Bertz CT molecular complexity index is 666. The van der Waals surface area contributed by atoms with Crippen molar-refractivity contribution < 1.29 is 18.6 Å². The van der Waals surface area contributed by atoms with Gasteiger partial charge in [-0.05, 0) is 38.1 Å². The van der Waals surface area contributed by atoms with Crippen molar-refractivity contribution in [3.05, 3.63) is 24.2 Å². The first-order valence-electron chi connectivity index (χ1n) is 11.4. The summed E-state index contributed by atoms with van der Waals surface area (Å²) in [6.45, 7) is 8.78. The monoisotopic (exact) mass is 548 g/mol. The fourth-order valence-electron chi connectivity index (χ4n) is 4.52. The molecule has 0 amide bonds. The van der Waals surface area contributed by atoms with E-state index in [0.717, 1.165) is 50.6 Å². The fraction of sp³-hybridized carbons (Fsp3) is 0.773. The van der Waals surface area contributed by atoms with Crippen molar-refractivity contribution in [3.63, 3.8) is 0 Å². The second-order valence-electron chi connectivity index (χ2n) is 8.32. The molecule has 176 valence electrons. The van der Waals surface area contributed by atoms with Crippen LogP contribution in [-0.4, -0.2) is 81.3 Å². The summed E-state index contributed by atoms with van der Waals surface area (Å²) in [5.41, 5.74) is 0. The predicted octanol–water partition coefficient (Wildman–Crippen LogP) is 2.38. The van der Waals surface area contributed by atoms with Crippen LogP contribution in [0, 0.1) is 0 Å². The van der Waals surface area contributed by atoms with Crippen LogP contribution in [0.3, 0.4) is 0 Å². The van der Waals surface area contributed by atoms with E-state index < -0.39 is 5.79 Å². The summed E-state index contributed by atoms with van der Waals surface area (Å²) >= 11 is 0. The summed E-state index contributed by atoms with van der Waals surface area (Å²) in [5.74, 6) is 1.37. The van der Waals surface area contributed by atoms with E-state index in [-0.39, 0.29) is 30.1 Å². The number of halogens is 1. The third-order valence-electron chi connectivity index (χ3n) is 6.27. The molecule has 1 aromatic heterocycles. The molecule has 31 heavy (non-hydrogen) atoms. The molecule has 4 heterocycles. The first-order valence-corrected chi connectivity index (χ1v) is 11.4. The smallest absolute Gasteiger partial charge is 0.191 e. The van der Waals surface area contributed by atoms with Gasteiger partial charge in [0.05, 0.1) is 32.6 Å². The number of likely N-dealkylation sites (N-methyl/N-ethyl adjacent to an activating group) is 1. The first kappa shape index (κ1) is 24.8. The predicted molar refractivity (Wildman–Crippen MR) is 130 cm³/mol. The molecule has 3 saturated heterocycles. The number of furan rings is 1. The van der Waals surface area contributed by atoms with Crippen LogP contribution < -0.4 is 10.6 Å². The minimum absolute atomic E-state index is 0. The Hall–Kier alpha value is -0.880. The molecule has 0 saturated carbocycles. The average molecular weight is 548 g/mol. The second-order valence-corrected chi connectivity index (χ2v) is 8.32. The SMILES string of the molecule is CCN1CCCC1CN=C(NCCc1ccco1)NCC1COC2(CCOCC2)O1.I. The lowest BCUT2D eigenvalue weighted by Gasteiger charge is -2.31. The highest BCUT2D eigenvalue weighted by Gasteiger charge is 2.42. The topological polar surface area (TPSA) is 80.5 Å². The molecule has 0 aliphatic carbocycles. The van der Waals surface area contributed by atoms with Gasteiger partial charge < -0.3 is 29.3 Å². The van der Waals surface area contributed by atoms with Crippen LogP contribution in [0.25, 0.3) is 0 Å². The lowest BCUT2D eigenvalue weighted by molar-refractivity contribution is -0.210. The zero-order valence-corrected chi connectivity index (χ0v) is 20.8. The molecule has 3 aliphatic rings. The minimum Gasteiger partial charge on any atom is -0.469 e. The maximum Gasteiger partial charge on any atom is 0.191 e. The molecule has 4 rings (SSSR count). The molecule has 2 atom stereocenters. The molecular formula is C22H37IN4O4. The average Bonchev–Trinajstić information content (AvgIpc) is 3.52. The van der Waals surface area contributed by atoms with Gasteiger partial charge in [-0.25, -0.2) is 0 Å². The normalized spacial score (nSPS) is 26.2. The molecule has 2 N–H and O–H groups in total. The van der Waals surface area contributed by atoms with Gasteiger partial charge in [0, 0.05) is 38.4 Å².